The second-order valence-electron chi connectivity index (χ2n) is 6.22. The van der Waals surface area contributed by atoms with Gasteiger partial charge in [0.15, 0.2) is 11.5 Å². The average Bonchev–Trinajstić information content (AvgIpc) is 3.29. The fourth-order valence-corrected chi connectivity index (χ4v) is 3.31. The summed E-state index contributed by atoms with van der Waals surface area (Å²) >= 11 is 0. The van der Waals surface area contributed by atoms with Crippen LogP contribution >= 0.6 is 0 Å². The lowest BCUT2D eigenvalue weighted by Crippen LogP contribution is -2.40. The third-order valence-corrected chi connectivity index (χ3v) is 4.59. The number of hydrogen-bond donors (Lipinski definition) is 0. The summed E-state index contributed by atoms with van der Waals surface area (Å²) in [5.41, 5.74) is 1.62. The van der Waals surface area contributed by atoms with Gasteiger partial charge in [0.2, 0.25) is 5.91 Å². The Morgan fingerprint density at radius 1 is 1.33 bits per heavy atom. The first kappa shape index (κ1) is 14.9. The van der Waals surface area contributed by atoms with Crippen molar-refractivity contribution in [2.75, 3.05) is 13.1 Å². The summed E-state index contributed by atoms with van der Waals surface area (Å²) < 4.78 is 7.79. The molecule has 1 aliphatic heterocycles. The number of rotatable bonds is 4. The largest absolute Gasteiger partial charge is 0.441 e. The van der Waals surface area contributed by atoms with Gasteiger partial charge in [0.1, 0.15) is 5.52 Å². The predicted molar refractivity (Wildman–Crippen MR) is 89.4 cm³/mol. The first-order valence-electron chi connectivity index (χ1n) is 8.39. The predicted octanol–water partition coefficient (Wildman–Crippen LogP) is 2.82. The van der Waals surface area contributed by atoms with Gasteiger partial charge in [-0.3, -0.25) is 4.79 Å². The highest BCUT2D eigenvalue weighted by Crippen LogP contribution is 2.22. The molecule has 1 fully saturated rings. The van der Waals surface area contributed by atoms with Gasteiger partial charge in [-0.05, 0) is 25.0 Å². The molecule has 1 amide bonds. The maximum Gasteiger partial charge on any atom is 0.223 e. The number of piperidine rings is 1. The van der Waals surface area contributed by atoms with Gasteiger partial charge in [-0.2, -0.15) is 0 Å². The number of imidazole rings is 1. The number of benzene rings is 1. The Morgan fingerprint density at radius 3 is 3.08 bits per heavy atom. The molecule has 6 heteroatoms. The SMILES string of the molecule is O=C(CCc1nc2ccccc2o1)N1CCCC(n2ccnc2)C1. The van der Waals surface area contributed by atoms with Crippen LogP contribution in [-0.2, 0) is 11.2 Å². The normalized spacial score (nSPS) is 18.2. The highest BCUT2D eigenvalue weighted by atomic mass is 16.3. The molecule has 4 rings (SSSR count). The summed E-state index contributed by atoms with van der Waals surface area (Å²) in [6, 6.07) is 8.00. The number of carbonyl (C=O) groups is 1. The van der Waals surface area contributed by atoms with Crippen molar-refractivity contribution in [2.24, 2.45) is 0 Å². The number of nitrogens with zero attached hydrogens (tertiary/aromatic N) is 4. The molecule has 1 saturated heterocycles. The summed E-state index contributed by atoms with van der Waals surface area (Å²) in [5, 5.41) is 0. The molecule has 1 atom stereocenters. The Morgan fingerprint density at radius 2 is 2.25 bits per heavy atom. The van der Waals surface area contributed by atoms with Gasteiger partial charge in [0.25, 0.3) is 0 Å². The molecular formula is C18H20N4O2. The number of aromatic nitrogens is 3. The molecule has 0 N–H and O–H groups in total. The number of fused-ring (bicyclic) bond motifs is 1. The Labute approximate surface area is 140 Å². The lowest BCUT2D eigenvalue weighted by molar-refractivity contribution is -0.132. The number of carbonyl (C=O) groups excluding carboxylic acids is 1. The van der Waals surface area contributed by atoms with Crippen molar-refractivity contribution in [1.29, 1.82) is 0 Å². The number of aryl methyl sites for hydroxylation is 1. The molecule has 3 aromatic rings. The van der Waals surface area contributed by atoms with Gasteiger partial charge >= 0.3 is 0 Å². The number of hydrogen-bond acceptors (Lipinski definition) is 4. The molecule has 0 radical (unpaired) electrons. The van der Waals surface area contributed by atoms with Crippen molar-refractivity contribution in [1.82, 2.24) is 19.4 Å². The van der Waals surface area contributed by atoms with E-state index in [0.29, 0.717) is 24.8 Å². The fraction of sp³-hybridized carbons (Fsp3) is 0.389. The second kappa shape index (κ2) is 6.47. The van der Waals surface area contributed by atoms with Crippen LogP contribution < -0.4 is 0 Å². The first-order valence-corrected chi connectivity index (χ1v) is 8.39. The molecular weight excluding hydrogens is 304 g/mol. The van der Waals surface area contributed by atoms with E-state index in [1.54, 1.807) is 6.20 Å². The zero-order chi connectivity index (χ0) is 16.4. The molecule has 1 aromatic carbocycles. The highest BCUT2D eigenvalue weighted by molar-refractivity contribution is 5.77. The molecule has 2 aromatic heterocycles. The highest BCUT2D eigenvalue weighted by Gasteiger charge is 2.24. The summed E-state index contributed by atoms with van der Waals surface area (Å²) in [5.74, 6) is 0.801. The maximum absolute atomic E-state index is 12.5. The van der Waals surface area contributed by atoms with Crippen LogP contribution in [0.2, 0.25) is 0 Å². The molecule has 3 heterocycles. The van der Waals surface area contributed by atoms with Crippen molar-refractivity contribution in [2.45, 2.75) is 31.7 Å². The minimum absolute atomic E-state index is 0.169. The molecule has 24 heavy (non-hydrogen) atoms. The van der Waals surface area contributed by atoms with Crippen LogP contribution in [0.25, 0.3) is 11.1 Å². The third-order valence-electron chi connectivity index (χ3n) is 4.59. The Hall–Kier alpha value is -2.63. The molecule has 0 saturated carbocycles. The second-order valence-corrected chi connectivity index (χ2v) is 6.22. The summed E-state index contributed by atoms with van der Waals surface area (Å²) in [4.78, 5) is 23.0. The lowest BCUT2D eigenvalue weighted by atomic mass is 10.0. The van der Waals surface area contributed by atoms with E-state index in [2.05, 4.69) is 14.5 Å². The summed E-state index contributed by atoms with van der Waals surface area (Å²) in [6.07, 6.45) is 8.67. The van der Waals surface area contributed by atoms with E-state index in [-0.39, 0.29) is 5.91 Å². The zero-order valence-corrected chi connectivity index (χ0v) is 13.5. The first-order chi connectivity index (χ1) is 11.8. The third kappa shape index (κ3) is 3.04. The Balaban J connectivity index is 1.37. The van der Waals surface area contributed by atoms with Gasteiger partial charge in [0.05, 0.1) is 12.4 Å². The van der Waals surface area contributed by atoms with Gasteiger partial charge in [-0.1, -0.05) is 12.1 Å². The monoisotopic (exact) mass is 324 g/mol. The van der Waals surface area contributed by atoms with Gasteiger partial charge in [-0.25, -0.2) is 9.97 Å². The van der Waals surface area contributed by atoms with Crippen LogP contribution in [0, 0.1) is 0 Å². The molecule has 1 aliphatic rings. The fourth-order valence-electron chi connectivity index (χ4n) is 3.31. The van der Waals surface area contributed by atoms with Gasteiger partial charge < -0.3 is 13.9 Å². The average molecular weight is 324 g/mol. The Kier molecular flexibility index (Phi) is 4.02. The van der Waals surface area contributed by atoms with Crippen LogP contribution in [-0.4, -0.2) is 38.4 Å². The van der Waals surface area contributed by atoms with Crippen molar-refractivity contribution >= 4 is 17.0 Å². The van der Waals surface area contributed by atoms with Crippen LogP contribution in [0.5, 0.6) is 0 Å². The summed E-state index contributed by atoms with van der Waals surface area (Å²) in [7, 11) is 0. The van der Waals surface area contributed by atoms with E-state index in [1.807, 2.05) is 41.7 Å². The van der Waals surface area contributed by atoms with E-state index in [1.165, 1.54) is 0 Å². The topological polar surface area (TPSA) is 64.2 Å². The van der Waals surface area contributed by atoms with Gasteiger partial charge in [-0.15, -0.1) is 0 Å². The summed E-state index contributed by atoms with van der Waals surface area (Å²) in [6.45, 7) is 1.58. The molecule has 0 bridgehead atoms. The lowest BCUT2D eigenvalue weighted by Gasteiger charge is -2.33. The quantitative estimate of drug-likeness (QED) is 0.740. The van der Waals surface area contributed by atoms with E-state index < -0.39 is 0 Å². The van der Waals surface area contributed by atoms with Crippen LogP contribution in [0.4, 0.5) is 0 Å². The number of para-hydroxylation sites is 2. The minimum Gasteiger partial charge on any atom is -0.441 e. The van der Waals surface area contributed by atoms with Crippen LogP contribution in [0.3, 0.4) is 0 Å². The molecule has 0 spiro atoms. The van der Waals surface area contributed by atoms with E-state index >= 15 is 0 Å². The van der Waals surface area contributed by atoms with E-state index in [4.69, 9.17) is 4.42 Å². The zero-order valence-electron chi connectivity index (χ0n) is 13.5. The van der Waals surface area contributed by atoms with Crippen LogP contribution in [0.1, 0.15) is 31.2 Å². The number of amides is 1. The van der Waals surface area contributed by atoms with Crippen molar-refractivity contribution in [3.05, 3.63) is 48.9 Å². The van der Waals surface area contributed by atoms with Gasteiger partial charge in [0, 0.05) is 38.3 Å². The Bertz CT molecular complexity index is 792. The molecule has 124 valence electrons. The number of likely N-dealkylation sites (tertiary alicyclic amines) is 1. The number of oxazole rings is 1. The maximum atomic E-state index is 12.5. The molecule has 0 aliphatic carbocycles. The molecule has 6 nitrogen and oxygen atoms in total. The molecule has 1 unspecified atom stereocenters. The van der Waals surface area contributed by atoms with Crippen LogP contribution in [0.15, 0.2) is 47.4 Å². The van der Waals surface area contributed by atoms with Crippen molar-refractivity contribution < 1.29 is 9.21 Å². The van der Waals surface area contributed by atoms with E-state index in [9.17, 15) is 4.79 Å². The minimum atomic E-state index is 0.169. The van der Waals surface area contributed by atoms with E-state index in [0.717, 1.165) is 37.0 Å². The van der Waals surface area contributed by atoms with Crippen molar-refractivity contribution in [3.63, 3.8) is 0 Å². The standard InChI is InChI=1S/C18H20N4O2/c23-18(8-7-17-20-15-5-1-2-6-16(15)24-17)21-10-3-4-14(12-21)22-11-9-19-13-22/h1-2,5-6,9,11,13-14H,3-4,7-8,10,12H2. The van der Waals surface area contributed by atoms with Crippen molar-refractivity contribution in [3.8, 4) is 0 Å². The smallest absolute Gasteiger partial charge is 0.223 e.